The van der Waals surface area contributed by atoms with E-state index in [0.717, 1.165) is 23.8 Å². The molecule has 14 nitrogen and oxygen atoms in total. The Balaban J connectivity index is 1.45. The molecule has 1 aliphatic rings. The van der Waals surface area contributed by atoms with Gasteiger partial charge in [0.1, 0.15) is 11.9 Å². The Kier molecular flexibility index (Phi) is 17.4. The van der Waals surface area contributed by atoms with Gasteiger partial charge in [-0.15, -0.1) is 0 Å². The Hall–Kier alpha value is -2.67. The van der Waals surface area contributed by atoms with E-state index < -0.39 is 45.8 Å². The fraction of sp³-hybridized carbons (Fsp3) is 0.606. The number of nitrogens with one attached hydrogen (secondary N) is 1. The van der Waals surface area contributed by atoms with Crippen LogP contribution < -0.4 is 16.0 Å². The minimum atomic E-state index is -5.00. The number of aromatic amines is 1. The van der Waals surface area contributed by atoms with Gasteiger partial charge in [0, 0.05) is 18.2 Å². The summed E-state index contributed by atoms with van der Waals surface area (Å²) in [6.45, 7) is 4.75. The van der Waals surface area contributed by atoms with E-state index in [2.05, 4.69) is 11.9 Å². The number of H-pyrrole nitrogens is 1. The number of aryl methyl sites for hydroxylation is 1. The van der Waals surface area contributed by atoms with Crippen molar-refractivity contribution >= 4 is 21.6 Å². The van der Waals surface area contributed by atoms with Gasteiger partial charge in [0.2, 0.25) is 0 Å². The van der Waals surface area contributed by atoms with Gasteiger partial charge in [0.05, 0.1) is 19.8 Å². The maximum Gasteiger partial charge on any atom is 0.484 e. The fourth-order valence-electron chi connectivity index (χ4n) is 4.81. The molecule has 0 saturated carbocycles. The van der Waals surface area contributed by atoms with Crippen molar-refractivity contribution in [2.75, 3.05) is 13.2 Å². The van der Waals surface area contributed by atoms with Crippen LogP contribution in [0.4, 0.5) is 0 Å². The number of phosphoric acid groups is 2. The van der Waals surface area contributed by atoms with Gasteiger partial charge in [-0.3, -0.25) is 32.7 Å². The van der Waals surface area contributed by atoms with Gasteiger partial charge >= 0.3 is 27.3 Å². The number of unbranched alkanes of at least 4 members (excludes halogenated alkanes) is 9. The summed E-state index contributed by atoms with van der Waals surface area (Å²) in [5, 5.41) is 0. The highest BCUT2D eigenvalue weighted by atomic mass is 31.3. The lowest BCUT2D eigenvalue weighted by Gasteiger charge is -2.21. The first-order valence-corrected chi connectivity index (χ1v) is 19.9. The molecule has 274 valence electrons. The summed E-state index contributed by atoms with van der Waals surface area (Å²) in [6, 6.07) is 6.34. The van der Waals surface area contributed by atoms with Gasteiger partial charge in [0.15, 0.2) is 6.23 Å². The van der Waals surface area contributed by atoms with Crippen LogP contribution in [-0.4, -0.2) is 39.7 Å². The normalized spacial score (nSPS) is 18.3. The molecule has 0 fully saturated rings. The molecular formula is C33H50N2O12P2. The van der Waals surface area contributed by atoms with E-state index in [0.29, 0.717) is 36.1 Å². The number of esters is 1. The molecule has 16 heteroatoms. The first kappa shape index (κ1) is 40.8. The second kappa shape index (κ2) is 20.9. The zero-order valence-corrected chi connectivity index (χ0v) is 30.4. The van der Waals surface area contributed by atoms with E-state index in [1.807, 2.05) is 6.92 Å². The minimum absolute atomic E-state index is 0.0644. The highest BCUT2D eigenvalue weighted by molar-refractivity contribution is 7.61. The molecule has 3 rings (SSSR count). The molecule has 49 heavy (non-hydrogen) atoms. The molecular weight excluding hydrogens is 678 g/mol. The molecule has 1 aliphatic heterocycles. The van der Waals surface area contributed by atoms with E-state index in [1.54, 1.807) is 24.3 Å². The smallest absolute Gasteiger partial charge is 0.427 e. The quantitative estimate of drug-likeness (QED) is 0.0360. The molecule has 2 unspecified atom stereocenters. The summed E-state index contributed by atoms with van der Waals surface area (Å²) in [5.41, 5.74) is -0.405. The van der Waals surface area contributed by atoms with E-state index in [4.69, 9.17) is 27.4 Å². The third-order valence-electron chi connectivity index (χ3n) is 7.61. The number of nitrogens with zero attached hydrogens (tertiary/aromatic N) is 1. The zero-order valence-electron chi connectivity index (χ0n) is 28.6. The van der Waals surface area contributed by atoms with Gasteiger partial charge in [0.25, 0.3) is 5.56 Å². The van der Waals surface area contributed by atoms with Crippen molar-refractivity contribution in [3.63, 3.8) is 0 Å². The average molecular weight is 729 g/mol. The predicted molar refractivity (Wildman–Crippen MR) is 183 cm³/mol. The van der Waals surface area contributed by atoms with Crippen LogP contribution in [0.25, 0.3) is 0 Å². The Labute approximate surface area is 287 Å². The molecule has 2 N–H and O–H groups in total. The Morgan fingerprint density at radius 1 is 0.898 bits per heavy atom. The number of phosphoric ester groups is 2. The van der Waals surface area contributed by atoms with Crippen LogP contribution in [0.1, 0.15) is 108 Å². The molecule has 1 aromatic carbocycles. The summed E-state index contributed by atoms with van der Waals surface area (Å²) in [4.78, 5) is 48.6. The van der Waals surface area contributed by atoms with Crippen LogP contribution in [0.15, 0.2) is 52.2 Å². The van der Waals surface area contributed by atoms with Gasteiger partial charge in [-0.25, -0.2) is 13.9 Å². The molecule has 4 atom stereocenters. The third kappa shape index (κ3) is 15.0. The monoisotopic (exact) mass is 728 g/mol. The van der Waals surface area contributed by atoms with Crippen LogP contribution in [0, 0.1) is 6.92 Å². The number of carbonyl (C=O) groups is 1. The van der Waals surface area contributed by atoms with Crippen LogP contribution in [0.5, 0.6) is 5.75 Å². The lowest BCUT2D eigenvalue weighted by Crippen LogP contribution is -2.33. The summed E-state index contributed by atoms with van der Waals surface area (Å²) >= 11 is 0. The second-order valence-electron chi connectivity index (χ2n) is 11.9. The summed E-state index contributed by atoms with van der Waals surface area (Å²) in [5.74, 6) is 0.0323. The molecule has 0 radical (unpaired) electrons. The van der Waals surface area contributed by atoms with Crippen molar-refractivity contribution in [2.24, 2.45) is 0 Å². The SMILES string of the molecule is CCCCCCCCCCCC(=O)Oc1ccc(COP(=O)(OCCCC)OP(=O)(O)OC[C@@H]2C=C[C@H](n3cc(C)c(=O)[nH]c3=O)O2)cc1. The summed E-state index contributed by atoms with van der Waals surface area (Å²) in [6.07, 6.45) is 14.5. The van der Waals surface area contributed by atoms with Gasteiger partial charge < -0.3 is 14.4 Å². The van der Waals surface area contributed by atoms with E-state index in [9.17, 15) is 28.4 Å². The Morgan fingerprint density at radius 2 is 1.55 bits per heavy atom. The lowest BCUT2D eigenvalue weighted by atomic mass is 10.1. The van der Waals surface area contributed by atoms with Gasteiger partial charge in [-0.05, 0) is 43.5 Å². The topological polar surface area (TPSA) is 182 Å². The fourth-order valence-corrected chi connectivity index (χ4v) is 7.46. The van der Waals surface area contributed by atoms with Crippen molar-refractivity contribution in [1.29, 1.82) is 0 Å². The molecule has 0 saturated heterocycles. The maximum atomic E-state index is 13.4. The maximum absolute atomic E-state index is 13.4. The van der Waals surface area contributed by atoms with Crippen LogP contribution >= 0.6 is 15.6 Å². The molecule has 2 aromatic rings. The molecule has 1 aromatic heterocycles. The Bertz CT molecular complexity index is 1560. The third-order valence-corrected chi connectivity index (χ3v) is 10.7. The highest BCUT2D eigenvalue weighted by Gasteiger charge is 2.39. The standard InChI is InChI=1S/C33H50N2O12P2/c1-4-6-8-9-10-11-12-13-14-15-31(36)46-28-18-16-27(17-19-28)24-44-49(41,42-22-7-5-2)47-48(39,40)43-25-29-20-21-30(45-29)35-23-26(3)32(37)34-33(35)38/h16-21,23,29-30H,4-15,22,24-25H2,1-3H3,(H,39,40)(H,34,37,38)/t29-,30+,49?/m0/s1. The van der Waals surface area contributed by atoms with Crippen LogP contribution in [-0.2, 0) is 43.2 Å². The van der Waals surface area contributed by atoms with E-state index >= 15 is 0 Å². The van der Waals surface area contributed by atoms with Crippen molar-refractivity contribution in [2.45, 2.75) is 117 Å². The highest BCUT2D eigenvalue weighted by Crippen LogP contribution is 2.64. The molecule has 0 spiro atoms. The predicted octanol–water partition coefficient (Wildman–Crippen LogP) is 7.40. The minimum Gasteiger partial charge on any atom is -0.427 e. The van der Waals surface area contributed by atoms with Gasteiger partial charge in [-0.1, -0.05) is 89.8 Å². The summed E-state index contributed by atoms with van der Waals surface area (Å²) < 4.78 is 59.1. The van der Waals surface area contributed by atoms with Crippen molar-refractivity contribution in [3.05, 3.63) is 74.6 Å². The number of carbonyl (C=O) groups excluding carboxylic acids is 1. The second-order valence-corrected chi connectivity index (χ2v) is 15.1. The molecule has 0 aliphatic carbocycles. The summed E-state index contributed by atoms with van der Waals surface area (Å²) in [7, 11) is -9.60. The van der Waals surface area contributed by atoms with E-state index in [-0.39, 0.29) is 19.2 Å². The average Bonchev–Trinajstić information content (AvgIpc) is 3.53. The number of benzene rings is 1. The molecule has 2 heterocycles. The lowest BCUT2D eigenvalue weighted by molar-refractivity contribution is -0.134. The van der Waals surface area contributed by atoms with Crippen molar-refractivity contribution in [3.8, 4) is 5.75 Å². The number of hydrogen-bond acceptors (Lipinski definition) is 11. The number of hydrogen-bond donors (Lipinski definition) is 2. The van der Waals surface area contributed by atoms with Crippen LogP contribution in [0.2, 0.25) is 0 Å². The number of aromatic nitrogens is 2. The van der Waals surface area contributed by atoms with Gasteiger partial charge in [-0.2, -0.15) is 4.31 Å². The zero-order chi connectivity index (χ0) is 35.7. The van der Waals surface area contributed by atoms with Crippen molar-refractivity contribution < 1.29 is 46.2 Å². The van der Waals surface area contributed by atoms with Crippen LogP contribution in [0.3, 0.4) is 0 Å². The number of rotatable bonds is 24. The van der Waals surface area contributed by atoms with E-state index in [1.165, 1.54) is 63.8 Å². The molecule has 0 bridgehead atoms. The first-order chi connectivity index (χ1) is 23.4. The number of ether oxygens (including phenoxy) is 2. The Morgan fingerprint density at radius 3 is 2.22 bits per heavy atom. The largest absolute Gasteiger partial charge is 0.484 e. The molecule has 0 amide bonds. The first-order valence-electron chi connectivity index (χ1n) is 17.0. The van der Waals surface area contributed by atoms with Crippen molar-refractivity contribution in [1.82, 2.24) is 9.55 Å².